The third-order valence-corrected chi connectivity index (χ3v) is 4.99. The minimum Gasteiger partial charge on any atom is -0.383 e. The molecule has 1 aromatic rings. The van der Waals surface area contributed by atoms with Gasteiger partial charge in [-0.1, -0.05) is 11.6 Å². The molecule has 0 bridgehead atoms. The Labute approximate surface area is 144 Å². The summed E-state index contributed by atoms with van der Waals surface area (Å²) in [7, 11) is 1.75. The summed E-state index contributed by atoms with van der Waals surface area (Å²) in [6.45, 7) is 9.06. The van der Waals surface area contributed by atoms with Crippen molar-refractivity contribution in [2.45, 2.75) is 32.7 Å². The minimum atomic E-state index is 0.496. The SMILES string of the molecule is CCN(c1cc(Cl)cc(C=O)c1C)C1CCN(CCOC)CC1. The van der Waals surface area contributed by atoms with Gasteiger partial charge in [-0.25, -0.2) is 0 Å². The molecule has 128 valence electrons. The fraction of sp³-hybridized carbons (Fsp3) is 0.611. The van der Waals surface area contributed by atoms with Gasteiger partial charge in [0.25, 0.3) is 0 Å². The van der Waals surface area contributed by atoms with Gasteiger partial charge in [-0.15, -0.1) is 0 Å². The van der Waals surface area contributed by atoms with Gasteiger partial charge in [-0.05, 0) is 44.4 Å². The summed E-state index contributed by atoms with van der Waals surface area (Å²) >= 11 is 6.21. The van der Waals surface area contributed by atoms with Crippen molar-refractivity contribution in [2.24, 2.45) is 0 Å². The fourth-order valence-electron chi connectivity index (χ4n) is 3.41. The summed E-state index contributed by atoms with van der Waals surface area (Å²) < 4.78 is 5.16. The molecule has 0 radical (unpaired) electrons. The van der Waals surface area contributed by atoms with Crippen molar-refractivity contribution in [1.82, 2.24) is 4.90 Å². The maximum Gasteiger partial charge on any atom is 0.150 e. The van der Waals surface area contributed by atoms with Gasteiger partial charge < -0.3 is 14.5 Å². The molecule has 0 unspecified atom stereocenters. The molecule has 0 N–H and O–H groups in total. The maximum atomic E-state index is 11.3. The number of likely N-dealkylation sites (tertiary alicyclic amines) is 1. The predicted molar refractivity (Wildman–Crippen MR) is 95.9 cm³/mol. The molecule has 1 aromatic carbocycles. The van der Waals surface area contributed by atoms with E-state index in [0.29, 0.717) is 16.6 Å². The Kier molecular flexibility index (Phi) is 6.88. The zero-order valence-corrected chi connectivity index (χ0v) is 15.1. The van der Waals surface area contributed by atoms with Crippen LogP contribution >= 0.6 is 11.6 Å². The topological polar surface area (TPSA) is 32.8 Å². The van der Waals surface area contributed by atoms with E-state index in [4.69, 9.17) is 16.3 Å². The zero-order valence-electron chi connectivity index (χ0n) is 14.3. The van der Waals surface area contributed by atoms with Crippen molar-refractivity contribution in [2.75, 3.05) is 44.8 Å². The summed E-state index contributed by atoms with van der Waals surface area (Å²) in [5, 5.41) is 0.628. The van der Waals surface area contributed by atoms with E-state index >= 15 is 0 Å². The van der Waals surface area contributed by atoms with E-state index in [9.17, 15) is 4.79 Å². The number of piperidine rings is 1. The lowest BCUT2D eigenvalue weighted by Crippen LogP contribution is -2.46. The van der Waals surface area contributed by atoms with Crippen LogP contribution in [0.25, 0.3) is 0 Å². The first-order valence-corrected chi connectivity index (χ1v) is 8.71. The van der Waals surface area contributed by atoms with Gasteiger partial charge in [0, 0.05) is 55.6 Å². The largest absolute Gasteiger partial charge is 0.383 e. The molecular formula is C18H27ClN2O2. The van der Waals surface area contributed by atoms with E-state index in [1.165, 1.54) is 0 Å². The highest BCUT2D eigenvalue weighted by atomic mass is 35.5. The second-order valence-corrected chi connectivity index (χ2v) is 6.55. The lowest BCUT2D eigenvalue weighted by atomic mass is 9.99. The van der Waals surface area contributed by atoms with E-state index < -0.39 is 0 Å². The zero-order chi connectivity index (χ0) is 16.8. The second-order valence-electron chi connectivity index (χ2n) is 6.11. The smallest absolute Gasteiger partial charge is 0.150 e. The van der Waals surface area contributed by atoms with Crippen molar-refractivity contribution in [3.05, 3.63) is 28.3 Å². The van der Waals surface area contributed by atoms with Crippen LogP contribution in [0.2, 0.25) is 5.02 Å². The lowest BCUT2D eigenvalue weighted by molar-refractivity contribution is 0.112. The Morgan fingerprint density at radius 3 is 2.65 bits per heavy atom. The molecule has 0 saturated carbocycles. The van der Waals surface area contributed by atoms with Crippen molar-refractivity contribution in [3.63, 3.8) is 0 Å². The standard InChI is InChI=1S/C18H27ClN2O2/c1-4-21(17-5-7-20(8-6-17)9-10-23-3)18-12-16(19)11-15(13-22)14(18)2/h11-13,17H,4-10H2,1-3H3. The molecule has 0 spiro atoms. The molecule has 1 fully saturated rings. The van der Waals surface area contributed by atoms with Crippen LogP contribution in [0.4, 0.5) is 5.69 Å². The molecule has 23 heavy (non-hydrogen) atoms. The number of hydrogen-bond donors (Lipinski definition) is 0. The Morgan fingerprint density at radius 2 is 2.09 bits per heavy atom. The first-order chi connectivity index (χ1) is 11.1. The van der Waals surface area contributed by atoms with Crippen LogP contribution in [0.1, 0.15) is 35.7 Å². The van der Waals surface area contributed by atoms with Crippen LogP contribution in [-0.4, -0.2) is 57.1 Å². The van der Waals surface area contributed by atoms with Crippen LogP contribution in [0.5, 0.6) is 0 Å². The predicted octanol–water partition coefficient (Wildman–Crippen LogP) is 3.40. The van der Waals surface area contributed by atoms with Gasteiger partial charge in [0.15, 0.2) is 0 Å². The van der Waals surface area contributed by atoms with Crippen LogP contribution in [0, 0.1) is 6.92 Å². The van der Waals surface area contributed by atoms with Crippen molar-refractivity contribution < 1.29 is 9.53 Å². The Hall–Kier alpha value is -1.10. The molecule has 1 heterocycles. The fourth-order valence-corrected chi connectivity index (χ4v) is 3.63. The first-order valence-electron chi connectivity index (χ1n) is 8.34. The van der Waals surface area contributed by atoms with E-state index in [2.05, 4.69) is 16.7 Å². The highest BCUT2D eigenvalue weighted by Gasteiger charge is 2.25. The van der Waals surface area contributed by atoms with Gasteiger partial charge >= 0.3 is 0 Å². The number of aldehydes is 1. The summed E-state index contributed by atoms with van der Waals surface area (Å²) in [4.78, 5) is 16.1. The number of hydrogen-bond acceptors (Lipinski definition) is 4. The highest BCUT2D eigenvalue weighted by Crippen LogP contribution is 2.31. The number of anilines is 1. The molecule has 1 aliphatic rings. The van der Waals surface area contributed by atoms with Crippen LogP contribution in [-0.2, 0) is 4.74 Å². The molecule has 4 nitrogen and oxygen atoms in total. The summed E-state index contributed by atoms with van der Waals surface area (Å²) in [5.74, 6) is 0. The summed E-state index contributed by atoms with van der Waals surface area (Å²) in [6, 6.07) is 4.23. The molecule has 1 aliphatic heterocycles. The summed E-state index contributed by atoms with van der Waals surface area (Å²) in [6.07, 6.45) is 3.14. The Balaban J connectivity index is 2.12. The van der Waals surface area contributed by atoms with Gasteiger partial charge in [-0.3, -0.25) is 4.79 Å². The number of halogens is 1. The van der Waals surface area contributed by atoms with Gasteiger partial charge in [0.1, 0.15) is 6.29 Å². The molecule has 0 amide bonds. The summed E-state index contributed by atoms with van der Waals surface area (Å²) in [5.41, 5.74) is 2.80. The number of methoxy groups -OCH3 is 1. The second kappa shape index (κ2) is 8.67. The Morgan fingerprint density at radius 1 is 1.39 bits per heavy atom. The third kappa shape index (κ3) is 4.46. The molecule has 1 saturated heterocycles. The number of ether oxygens (including phenoxy) is 1. The van der Waals surface area contributed by atoms with Gasteiger partial charge in [0.05, 0.1) is 6.61 Å². The molecule has 0 aromatic heterocycles. The van der Waals surface area contributed by atoms with Crippen molar-refractivity contribution in [3.8, 4) is 0 Å². The molecule has 5 heteroatoms. The van der Waals surface area contributed by atoms with Crippen LogP contribution < -0.4 is 4.90 Å². The Bertz CT molecular complexity index is 528. The molecule has 0 aliphatic carbocycles. The first kappa shape index (κ1) is 18.2. The number of carbonyl (C=O) groups is 1. The van der Waals surface area contributed by atoms with Crippen LogP contribution in [0.15, 0.2) is 12.1 Å². The number of nitrogens with zero attached hydrogens (tertiary/aromatic N) is 2. The number of benzene rings is 1. The number of rotatable bonds is 7. The van der Waals surface area contributed by atoms with Gasteiger partial charge in [-0.2, -0.15) is 0 Å². The quantitative estimate of drug-likeness (QED) is 0.713. The van der Waals surface area contributed by atoms with Crippen LogP contribution in [0.3, 0.4) is 0 Å². The minimum absolute atomic E-state index is 0.496. The van der Waals surface area contributed by atoms with Crippen molar-refractivity contribution in [1.29, 1.82) is 0 Å². The lowest BCUT2D eigenvalue weighted by Gasteiger charge is -2.40. The number of carbonyl (C=O) groups excluding carboxylic acids is 1. The van der Waals surface area contributed by atoms with E-state index in [1.807, 2.05) is 13.0 Å². The average Bonchev–Trinajstić information content (AvgIpc) is 2.57. The average molecular weight is 339 g/mol. The van der Waals surface area contributed by atoms with Gasteiger partial charge in [0.2, 0.25) is 0 Å². The van der Waals surface area contributed by atoms with E-state index in [-0.39, 0.29) is 0 Å². The maximum absolute atomic E-state index is 11.3. The molecular weight excluding hydrogens is 312 g/mol. The van der Waals surface area contributed by atoms with E-state index in [1.54, 1.807) is 13.2 Å². The highest BCUT2D eigenvalue weighted by molar-refractivity contribution is 6.31. The molecule has 0 atom stereocenters. The molecule has 2 rings (SSSR count). The third-order valence-electron chi connectivity index (χ3n) is 4.77. The monoisotopic (exact) mass is 338 g/mol. The van der Waals surface area contributed by atoms with Crippen molar-refractivity contribution >= 4 is 23.6 Å². The van der Waals surface area contributed by atoms with E-state index in [0.717, 1.165) is 63.2 Å². The normalized spacial score (nSPS) is 16.5.